The minimum absolute atomic E-state index is 0.0288. The first kappa shape index (κ1) is 27.2. The van der Waals surface area contributed by atoms with Crippen molar-refractivity contribution < 1.29 is 33.4 Å². The summed E-state index contributed by atoms with van der Waals surface area (Å²) in [6.45, 7) is 4.53. The number of aryl methyl sites for hydroxylation is 2. The number of Topliss-reactive ketones (excluding diaryl/α,β-unsaturated/α-hetero) is 1. The number of benzene rings is 2. The molecular weight excluding hydrogens is 476 g/mol. The molecule has 0 radical (unpaired) electrons. The molecule has 37 heavy (non-hydrogen) atoms. The number of alkyl carbamates (subject to hydrolysis) is 1. The lowest BCUT2D eigenvalue weighted by Crippen LogP contribution is -2.44. The molecule has 0 aliphatic carbocycles. The SMILES string of the molecule is CCOC(=O)c1c(C)[nH]c(C)c1C(=O)COC(=O)[C@H](Cc1ccccc1)NC(=O)OCc1ccccc1. The summed E-state index contributed by atoms with van der Waals surface area (Å²) in [5.41, 5.74) is 2.74. The summed E-state index contributed by atoms with van der Waals surface area (Å²) >= 11 is 0. The fourth-order valence-corrected chi connectivity index (χ4v) is 3.85. The molecular formula is C28H30N2O7. The van der Waals surface area contributed by atoms with Crippen molar-refractivity contribution in [2.45, 2.75) is 39.8 Å². The monoisotopic (exact) mass is 506 g/mol. The third-order valence-corrected chi connectivity index (χ3v) is 5.55. The van der Waals surface area contributed by atoms with Gasteiger partial charge in [0.25, 0.3) is 0 Å². The Morgan fingerprint density at radius 3 is 2.03 bits per heavy atom. The number of H-pyrrole nitrogens is 1. The first-order chi connectivity index (χ1) is 17.8. The second kappa shape index (κ2) is 13.1. The smallest absolute Gasteiger partial charge is 0.408 e. The van der Waals surface area contributed by atoms with Crippen LogP contribution in [0.3, 0.4) is 0 Å². The molecule has 0 fully saturated rings. The summed E-state index contributed by atoms with van der Waals surface area (Å²) in [5, 5.41) is 2.53. The molecule has 3 aromatic rings. The normalized spacial score (nSPS) is 11.3. The van der Waals surface area contributed by atoms with Crippen molar-refractivity contribution >= 4 is 23.8 Å². The number of rotatable bonds is 11. The zero-order valence-electron chi connectivity index (χ0n) is 21.0. The van der Waals surface area contributed by atoms with Gasteiger partial charge in [-0.3, -0.25) is 4.79 Å². The number of ether oxygens (including phenoxy) is 3. The lowest BCUT2D eigenvalue weighted by atomic mass is 10.0. The van der Waals surface area contributed by atoms with E-state index in [2.05, 4.69) is 10.3 Å². The van der Waals surface area contributed by atoms with Gasteiger partial charge in [0.1, 0.15) is 12.6 Å². The van der Waals surface area contributed by atoms with Crippen LogP contribution in [0.4, 0.5) is 4.79 Å². The Labute approximate surface area is 215 Å². The number of ketones is 1. The second-order valence-corrected chi connectivity index (χ2v) is 8.32. The molecule has 0 aliphatic heterocycles. The Balaban J connectivity index is 1.69. The number of esters is 2. The Morgan fingerprint density at radius 2 is 1.41 bits per heavy atom. The number of aromatic amines is 1. The molecule has 0 saturated heterocycles. The molecule has 1 heterocycles. The standard InChI is InChI=1S/C28H30N2O7/c1-4-35-27(33)25-19(3)29-18(2)24(25)23(31)17-36-26(32)22(15-20-11-7-5-8-12-20)30-28(34)37-16-21-13-9-6-10-14-21/h5-14,22,29H,4,15-17H2,1-3H3,(H,30,34)/t22-/m0/s1. The van der Waals surface area contributed by atoms with Gasteiger partial charge in [-0.2, -0.15) is 0 Å². The average molecular weight is 507 g/mol. The van der Waals surface area contributed by atoms with Gasteiger partial charge in [0, 0.05) is 17.8 Å². The summed E-state index contributed by atoms with van der Waals surface area (Å²) in [5.74, 6) is -2.01. The van der Waals surface area contributed by atoms with Crippen LogP contribution in [0.15, 0.2) is 60.7 Å². The quantitative estimate of drug-likeness (QED) is 0.228. The molecule has 9 nitrogen and oxygen atoms in total. The number of hydrogen-bond donors (Lipinski definition) is 2. The third-order valence-electron chi connectivity index (χ3n) is 5.55. The van der Waals surface area contributed by atoms with Crippen LogP contribution in [0, 0.1) is 13.8 Å². The molecule has 194 valence electrons. The number of hydrogen-bond acceptors (Lipinski definition) is 7. The van der Waals surface area contributed by atoms with E-state index in [9.17, 15) is 19.2 Å². The van der Waals surface area contributed by atoms with Crippen LogP contribution in [0.2, 0.25) is 0 Å². The molecule has 0 saturated carbocycles. The number of aromatic nitrogens is 1. The van der Waals surface area contributed by atoms with Gasteiger partial charge >= 0.3 is 18.0 Å². The van der Waals surface area contributed by atoms with E-state index in [0.29, 0.717) is 11.4 Å². The lowest BCUT2D eigenvalue weighted by molar-refractivity contribution is -0.144. The average Bonchev–Trinajstić information content (AvgIpc) is 3.20. The molecule has 0 bridgehead atoms. The number of amides is 1. The van der Waals surface area contributed by atoms with E-state index in [-0.39, 0.29) is 30.8 Å². The zero-order valence-corrected chi connectivity index (χ0v) is 21.0. The van der Waals surface area contributed by atoms with Crippen LogP contribution in [-0.4, -0.2) is 48.1 Å². The second-order valence-electron chi connectivity index (χ2n) is 8.32. The molecule has 1 amide bonds. The largest absolute Gasteiger partial charge is 0.462 e. The third kappa shape index (κ3) is 7.54. The molecule has 3 rings (SSSR count). The highest BCUT2D eigenvalue weighted by atomic mass is 16.6. The van der Waals surface area contributed by atoms with Crippen LogP contribution in [0.25, 0.3) is 0 Å². The van der Waals surface area contributed by atoms with Crippen molar-refractivity contribution in [2.75, 3.05) is 13.2 Å². The van der Waals surface area contributed by atoms with E-state index in [4.69, 9.17) is 14.2 Å². The summed E-state index contributed by atoms with van der Waals surface area (Å²) < 4.78 is 15.6. The van der Waals surface area contributed by atoms with Crippen LogP contribution >= 0.6 is 0 Å². The van der Waals surface area contributed by atoms with Crippen molar-refractivity contribution in [3.05, 3.63) is 94.3 Å². The molecule has 1 aromatic heterocycles. The van der Waals surface area contributed by atoms with Crippen LogP contribution in [0.5, 0.6) is 0 Å². The number of carbonyl (C=O) groups excluding carboxylic acids is 4. The van der Waals surface area contributed by atoms with Gasteiger partial charge in [-0.1, -0.05) is 60.7 Å². The van der Waals surface area contributed by atoms with E-state index in [0.717, 1.165) is 11.1 Å². The fourth-order valence-electron chi connectivity index (χ4n) is 3.85. The van der Waals surface area contributed by atoms with Crippen molar-refractivity contribution in [3.63, 3.8) is 0 Å². The van der Waals surface area contributed by atoms with Crippen LogP contribution < -0.4 is 5.32 Å². The maximum Gasteiger partial charge on any atom is 0.408 e. The van der Waals surface area contributed by atoms with Gasteiger partial charge in [-0.05, 0) is 31.9 Å². The molecule has 0 aliphatic rings. The van der Waals surface area contributed by atoms with E-state index >= 15 is 0 Å². The van der Waals surface area contributed by atoms with Crippen LogP contribution in [0.1, 0.15) is 50.2 Å². The van der Waals surface area contributed by atoms with Crippen molar-refractivity contribution in [1.29, 1.82) is 0 Å². The first-order valence-corrected chi connectivity index (χ1v) is 11.9. The van der Waals surface area contributed by atoms with Crippen molar-refractivity contribution in [1.82, 2.24) is 10.3 Å². The van der Waals surface area contributed by atoms with Gasteiger partial charge in [0.05, 0.1) is 17.7 Å². The van der Waals surface area contributed by atoms with E-state index in [1.165, 1.54) is 0 Å². The highest BCUT2D eigenvalue weighted by Crippen LogP contribution is 2.20. The molecule has 2 aromatic carbocycles. The van der Waals surface area contributed by atoms with Gasteiger partial charge in [0.15, 0.2) is 6.61 Å². The Morgan fingerprint density at radius 1 is 0.811 bits per heavy atom. The van der Waals surface area contributed by atoms with Gasteiger partial charge in [0.2, 0.25) is 5.78 Å². The Hall–Kier alpha value is -4.40. The minimum atomic E-state index is -1.10. The Kier molecular flexibility index (Phi) is 9.60. The predicted molar refractivity (Wildman–Crippen MR) is 135 cm³/mol. The maximum absolute atomic E-state index is 13.0. The molecule has 2 N–H and O–H groups in total. The highest BCUT2D eigenvalue weighted by molar-refractivity contribution is 6.09. The van der Waals surface area contributed by atoms with Gasteiger partial charge in [-0.15, -0.1) is 0 Å². The molecule has 1 atom stereocenters. The number of carbonyl (C=O) groups is 4. The fraction of sp³-hybridized carbons (Fsp3) is 0.286. The van der Waals surface area contributed by atoms with Crippen molar-refractivity contribution in [3.8, 4) is 0 Å². The van der Waals surface area contributed by atoms with Crippen LogP contribution in [-0.2, 0) is 32.0 Å². The molecule has 9 heteroatoms. The molecule has 0 spiro atoms. The predicted octanol–water partition coefficient (Wildman–Crippen LogP) is 4.07. The van der Waals surface area contributed by atoms with E-state index in [1.807, 2.05) is 48.5 Å². The summed E-state index contributed by atoms with van der Waals surface area (Å²) in [4.78, 5) is 53.7. The summed E-state index contributed by atoms with van der Waals surface area (Å²) in [7, 11) is 0. The zero-order chi connectivity index (χ0) is 26.8. The highest BCUT2D eigenvalue weighted by Gasteiger charge is 2.28. The first-order valence-electron chi connectivity index (χ1n) is 11.9. The minimum Gasteiger partial charge on any atom is -0.462 e. The van der Waals surface area contributed by atoms with Crippen molar-refractivity contribution in [2.24, 2.45) is 0 Å². The van der Waals surface area contributed by atoms with E-state index in [1.54, 1.807) is 32.9 Å². The topological polar surface area (TPSA) is 124 Å². The summed E-state index contributed by atoms with van der Waals surface area (Å²) in [6, 6.07) is 17.1. The Bertz CT molecular complexity index is 1240. The summed E-state index contributed by atoms with van der Waals surface area (Å²) in [6.07, 6.45) is -0.667. The number of nitrogens with one attached hydrogen (secondary N) is 2. The molecule has 0 unspecified atom stereocenters. The maximum atomic E-state index is 13.0. The van der Waals surface area contributed by atoms with Gasteiger partial charge < -0.3 is 24.5 Å². The lowest BCUT2D eigenvalue weighted by Gasteiger charge is -2.18. The van der Waals surface area contributed by atoms with Gasteiger partial charge in [-0.25, -0.2) is 14.4 Å². The van der Waals surface area contributed by atoms with E-state index < -0.39 is 36.5 Å².